The van der Waals surface area contributed by atoms with Crippen LogP contribution in [0.1, 0.15) is 18.9 Å². The van der Waals surface area contributed by atoms with Gasteiger partial charge in [0, 0.05) is 25.3 Å². The van der Waals surface area contributed by atoms with Crippen LogP contribution in [0.3, 0.4) is 0 Å². The summed E-state index contributed by atoms with van der Waals surface area (Å²) in [6.45, 7) is 2.76. The molecule has 2 heterocycles. The third-order valence-electron chi connectivity index (χ3n) is 4.47. The van der Waals surface area contributed by atoms with Crippen LogP contribution < -0.4 is 19.7 Å². The first-order chi connectivity index (χ1) is 14.0. The van der Waals surface area contributed by atoms with Crippen molar-refractivity contribution in [3.8, 4) is 17.1 Å². The van der Waals surface area contributed by atoms with Gasteiger partial charge in [-0.15, -0.1) is 5.10 Å². The second-order valence-electron chi connectivity index (χ2n) is 6.90. The van der Waals surface area contributed by atoms with Gasteiger partial charge in [-0.3, -0.25) is 4.79 Å². The molecule has 0 radical (unpaired) electrons. The van der Waals surface area contributed by atoms with Crippen LogP contribution in [0, 0.1) is 0 Å². The molecule has 4 aromatic rings. The number of hydrogen-bond donors (Lipinski definition) is 0. The maximum Gasteiger partial charge on any atom is 0.291 e. The molecule has 7 heteroatoms. The first-order valence-corrected chi connectivity index (χ1v) is 10.3. The highest BCUT2D eigenvalue weighted by atomic mass is 32.1. The number of anilines is 1. The zero-order valence-corrected chi connectivity index (χ0v) is 17.4. The van der Waals surface area contributed by atoms with E-state index in [9.17, 15) is 4.79 Å². The van der Waals surface area contributed by atoms with Crippen LogP contribution in [0.15, 0.2) is 53.3 Å². The maximum atomic E-state index is 12.7. The lowest BCUT2D eigenvalue weighted by atomic mass is 10.2. The number of benzene rings is 2. The highest BCUT2D eigenvalue weighted by Gasteiger charge is 2.12. The fourth-order valence-electron chi connectivity index (χ4n) is 2.90. The molecule has 2 aromatic carbocycles. The molecule has 0 N–H and O–H groups in total. The Hall–Kier alpha value is -3.19. The molecule has 0 unspecified atom stereocenters. The average Bonchev–Trinajstić information content (AvgIpc) is 3.27. The highest BCUT2D eigenvalue weighted by Crippen LogP contribution is 2.20. The molecular weight excluding hydrogens is 384 g/mol. The van der Waals surface area contributed by atoms with Crippen LogP contribution in [0.4, 0.5) is 5.69 Å². The molecule has 0 atom stereocenters. The molecule has 0 spiro atoms. The second-order valence-corrected chi connectivity index (χ2v) is 7.91. The standard InChI is InChI=1S/C22H22N4O2S/c1-4-13-28-18-11-7-16(8-12-18)20-23-22-26(24-20)21(27)19(29-22)14-15-5-9-17(10-6-15)25(2)3/h5-12,14H,4,13H2,1-3H3/b19-14+. The Morgan fingerprint density at radius 2 is 1.83 bits per heavy atom. The third kappa shape index (κ3) is 4.00. The minimum atomic E-state index is -0.150. The van der Waals surface area contributed by atoms with Crippen molar-refractivity contribution in [2.75, 3.05) is 25.6 Å². The molecule has 4 rings (SSSR count). The van der Waals surface area contributed by atoms with Gasteiger partial charge in [0.1, 0.15) is 5.75 Å². The lowest BCUT2D eigenvalue weighted by Crippen LogP contribution is -2.23. The number of fused-ring (bicyclic) bond motifs is 1. The van der Waals surface area contributed by atoms with E-state index in [0.29, 0.717) is 21.9 Å². The Labute approximate surface area is 172 Å². The molecule has 0 aliphatic rings. The third-order valence-corrected chi connectivity index (χ3v) is 5.43. The number of ether oxygens (including phenoxy) is 1. The van der Waals surface area contributed by atoms with E-state index in [0.717, 1.165) is 29.0 Å². The van der Waals surface area contributed by atoms with Crippen LogP contribution in [0.5, 0.6) is 5.75 Å². The summed E-state index contributed by atoms with van der Waals surface area (Å²) in [5, 5.41) is 4.41. The van der Waals surface area contributed by atoms with Crippen molar-refractivity contribution >= 4 is 28.1 Å². The topological polar surface area (TPSA) is 59.7 Å². The van der Waals surface area contributed by atoms with E-state index >= 15 is 0 Å². The Morgan fingerprint density at radius 1 is 1.10 bits per heavy atom. The normalized spacial score (nSPS) is 11.9. The minimum absolute atomic E-state index is 0.150. The molecule has 0 aliphatic heterocycles. The summed E-state index contributed by atoms with van der Waals surface area (Å²) in [6.07, 6.45) is 2.84. The average molecular weight is 407 g/mol. The van der Waals surface area contributed by atoms with E-state index in [1.54, 1.807) is 0 Å². The van der Waals surface area contributed by atoms with Crippen molar-refractivity contribution in [1.82, 2.24) is 14.6 Å². The zero-order chi connectivity index (χ0) is 20.4. The maximum absolute atomic E-state index is 12.7. The first-order valence-electron chi connectivity index (χ1n) is 9.47. The first kappa shape index (κ1) is 19.1. The van der Waals surface area contributed by atoms with E-state index < -0.39 is 0 Å². The number of thiazole rings is 1. The van der Waals surface area contributed by atoms with Gasteiger partial charge in [0.05, 0.1) is 11.1 Å². The Morgan fingerprint density at radius 3 is 2.45 bits per heavy atom. The summed E-state index contributed by atoms with van der Waals surface area (Å²) in [6, 6.07) is 15.7. The summed E-state index contributed by atoms with van der Waals surface area (Å²) in [4.78, 5) is 19.9. The SMILES string of the molecule is CCCOc1ccc(-c2nc3s/c(=C/c4ccc(N(C)C)cc4)c(=O)n3n2)cc1. The summed E-state index contributed by atoms with van der Waals surface area (Å²) >= 11 is 1.35. The van der Waals surface area contributed by atoms with E-state index in [1.165, 1.54) is 15.9 Å². The van der Waals surface area contributed by atoms with Crippen molar-refractivity contribution in [3.05, 3.63) is 69.0 Å². The van der Waals surface area contributed by atoms with Crippen LogP contribution in [-0.4, -0.2) is 35.3 Å². The quantitative estimate of drug-likeness (QED) is 0.492. The van der Waals surface area contributed by atoms with Crippen molar-refractivity contribution < 1.29 is 4.74 Å². The van der Waals surface area contributed by atoms with Gasteiger partial charge in [-0.2, -0.15) is 9.50 Å². The zero-order valence-electron chi connectivity index (χ0n) is 16.6. The van der Waals surface area contributed by atoms with Crippen LogP contribution in [-0.2, 0) is 0 Å². The number of hydrogen-bond acceptors (Lipinski definition) is 6. The monoisotopic (exact) mass is 406 g/mol. The highest BCUT2D eigenvalue weighted by molar-refractivity contribution is 7.15. The summed E-state index contributed by atoms with van der Waals surface area (Å²) in [5.74, 6) is 1.36. The molecule has 6 nitrogen and oxygen atoms in total. The van der Waals surface area contributed by atoms with Crippen molar-refractivity contribution in [2.24, 2.45) is 0 Å². The van der Waals surface area contributed by atoms with Crippen molar-refractivity contribution in [3.63, 3.8) is 0 Å². The fourth-order valence-corrected chi connectivity index (χ4v) is 3.80. The van der Waals surface area contributed by atoms with Crippen LogP contribution in [0.2, 0.25) is 0 Å². The molecule has 148 valence electrons. The molecule has 0 bridgehead atoms. The van der Waals surface area contributed by atoms with Gasteiger partial charge in [-0.05, 0) is 54.5 Å². The van der Waals surface area contributed by atoms with Gasteiger partial charge >= 0.3 is 0 Å². The van der Waals surface area contributed by atoms with Gasteiger partial charge < -0.3 is 9.64 Å². The smallest absolute Gasteiger partial charge is 0.291 e. The number of nitrogens with zero attached hydrogens (tertiary/aromatic N) is 4. The summed E-state index contributed by atoms with van der Waals surface area (Å²) < 4.78 is 7.60. The van der Waals surface area contributed by atoms with Crippen LogP contribution in [0.25, 0.3) is 22.4 Å². The van der Waals surface area contributed by atoms with Gasteiger partial charge in [-0.25, -0.2) is 0 Å². The van der Waals surface area contributed by atoms with E-state index in [1.807, 2.05) is 73.6 Å². The van der Waals surface area contributed by atoms with Crippen molar-refractivity contribution in [1.29, 1.82) is 0 Å². The Kier molecular flexibility index (Phi) is 5.31. The summed E-state index contributed by atoms with van der Waals surface area (Å²) in [5.41, 5.74) is 2.79. The largest absolute Gasteiger partial charge is 0.494 e. The molecule has 0 saturated heterocycles. The fraction of sp³-hybridized carbons (Fsp3) is 0.227. The van der Waals surface area contributed by atoms with E-state index in [4.69, 9.17) is 4.74 Å². The summed E-state index contributed by atoms with van der Waals surface area (Å²) in [7, 11) is 4.00. The van der Waals surface area contributed by atoms with Crippen molar-refractivity contribution in [2.45, 2.75) is 13.3 Å². The second kappa shape index (κ2) is 8.05. The molecule has 0 saturated carbocycles. The number of aromatic nitrogens is 3. The molecule has 0 amide bonds. The predicted octanol–water partition coefficient (Wildman–Crippen LogP) is 3.22. The predicted molar refractivity (Wildman–Crippen MR) is 118 cm³/mol. The Bertz CT molecular complexity index is 1230. The minimum Gasteiger partial charge on any atom is -0.494 e. The molecule has 0 aliphatic carbocycles. The van der Waals surface area contributed by atoms with Gasteiger partial charge in [0.15, 0.2) is 5.82 Å². The molecule has 0 fully saturated rings. The van der Waals surface area contributed by atoms with Gasteiger partial charge in [0.2, 0.25) is 4.96 Å². The molecule has 29 heavy (non-hydrogen) atoms. The van der Waals surface area contributed by atoms with E-state index in [-0.39, 0.29) is 5.56 Å². The number of rotatable bonds is 6. The van der Waals surface area contributed by atoms with Gasteiger partial charge in [0.25, 0.3) is 5.56 Å². The van der Waals surface area contributed by atoms with E-state index in [2.05, 4.69) is 17.0 Å². The lowest BCUT2D eigenvalue weighted by molar-refractivity contribution is 0.317. The Balaban J connectivity index is 1.63. The molecular formula is C22H22N4O2S. The lowest BCUT2D eigenvalue weighted by Gasteiger charge is -2.11. The van der Waals surface area contributed by atoms with Crippen LogP contribution >= 0.6 is 11.3 Å². The van der Waals surface area contributed by atoms with Gasteiger partial charge in [-0.1, -0.05) is 30.4 Å². The molecule has 2 aromatic heterocycles.